The molecule has 0 saturated heterocycles. The van der Waals surface area contributed by atoms with Crippen LogP contribution < -0.4 is 0 Å². The fourth-order valence-corrected chi connectivity index (χ4v) is 0.814. The van der Waals surface area contributed by atoms with Crippen molar-refractivity contribution in [3.05, 3.63) is 0 Å². The van der Waals surface area contributed by atoms with Crippen LogP contribution in [0.1, 0.15) is 27.7 Å². The molecule has 0 rings (SSSR count). The van der Waals surface area contributed by atoms with E-state index in [4.69, 9.17) is 9.94 Å². The Hall–Kier alpha value is -0.570. The van der Waals surface area contributed by atoms with Gasteiger partial charge in [0.25, 0.3) is 0 Å². The molecule has 0 aromatic heterocycles. The van der Waals surface area contributed by atoms with E-state index >= 15 is 0 Å². The molecule has 0 aromatic rings. The summed E-state index contributed by atoms with van der Waals surface area (Å²) in [6, 6.07) is 0. The Balaban J connectivity index is 4.49. The first-order valence-electron chi connectivity index (χ1n) is 4.17. The van der Waals surface area contributed by atoms with E-state index in [0.29, 0.717) is 18.2 Å². The molecule has 0 aliphatic carbocycles. The van der Waals surface area contributed by atoms with Crippen molar-refractivity contribution in [3.8, 4) is 0 Å². The minimum absolute atomic E-state index is 0.106. The van der Waals surface area contributed by atoms with Crippen LogP contribution in [0.15, 0.2) is 5.16 Å². The van der Waals surface area contributed by atoms with Crippen molar-refractivity contribution in [1.82, 2.24) is 0 Å². The van der Waals surface area contributed by atoms with Gasteiger partial charge in [0.05, 0.1) is 12.3 Å². The molecule has 0 aliphatic rings. The van der Waals surface area contributed by atoms with Crippen LogP contribution in [0.2, 0.25) is 0 Å². The Labute approximate surface area is 74.4 Å². The average molecular weight is 173 g/mol. The van der Waals surface area contributed by atoms with Gasteiger partial charge in [-0.3, -0.25) is 0 Å². The van der Waals surface area contributed by atoms with Gasteiger partial charge in [-0.2, -0.15) is 0 Å². The molecule has 0 saturated carbocycles. The molecular formula is C9H19NO2. The van der Waals surface area contributed by atoms with Gasteiger partial charge in [0.2, 0.25) is 0 Å². The summed E-state index contributed by atoms with van der Waals surface area (Å²) >= 11 is 0. The number of oxime groups is 1. The molecule has 0 heterocycles. The second-order valence-corrected chi connectivity index (χ2v) is 3.86. The molecule has 0 atom stereocenters. The molecule has 0 unspecified atom stereocenters. The number of rotatable bonds is 4. The van der Waals surface area contributed by atoms with Crippen molar-refractivity contribution < 1.29 is 9.94 Å². The van der Waals surface area contributed by atoms with Gasteiger partial charge in [-0.15, -0.1) is 0 Å². The second kappa shape index (κ2) is 4.45. The van der Waals surface area contributed by atoms with Gasteiger partial charge < -0.3 is 9.94 Å². The van der Waals surface area contributed by atoms with Crippen LogP contribution >= 0.6 is 0 Å². The highest BCUT2D eigenvalue weighted by molar-refractivity contribution is 5.90. The monoisotopic (exact) mass is 173 g/mol. The Morgan fingerprint density at radius 3 is 2.25 bits per heavy atom. The minimum atomic E-state index is -0.106. The predicted octanol–water partition coefficient (Wildman–Crippen LogP) is 2.15. The first kappa shape index (κ1) is 11.4. The molecule has 0 fully saturated rings. The van der Waals surface area contributed by atoms with Crippen molar-refractivity contribution in [1.29, 1.82) is 0 Å². The van der Waals surface area contributed by atoms with Crippen LogP contribution in [0.25, 0.3) is 0 Å². The maximum Gasteiger partial charge on any atom is 0.0885 e. The lowest BCUT2D eigenvalue weighted by atomic mass is 9.77. The van der Waals surface area contributed by atoms with E-state index in [0.717, 1.165) is 0 Å². The summed E-state index contributed by atoms with van der Waals surface area (Å²) in [6.45, 7) is 8.68. The lowest BCUT2D eigenvalue weighted by Crippen LogP contribution is -2.33. The Kier molecular flexibility index (Phi) is 4.24. The third-order valence-corrected chi connectivity index (χ3v) is 2.59. The smallest absolute Gasteiger partial charge is 0.0885 e. The van der Waals surface area contributed by atoms with Gasteiger partial charge in [-0.05, 0) is 5.92 Å². The van der Waals surface area contributed by atoms with Crippen LogP contribution in [0.3, 0.4) is 0 Å². The van der Waals surface area contributed by atoms with Gasteiger partial charge in [-0.1, -0.05) is 32.9 Å². The second-order valence-electron chi connectivity index (χ2n) is 3.86. The quantitative estimate of drug-likeness (QED) is 0.402. The van der Waals surface area contributed by atoms with E-state index < -0.39 is 0 Å². The fourth-order valence-electron chi connectivity index (χ4n) is 0.814. The first-order valence-corrected chi connectivity index (χ1v) is 4.17. The summed E-state index contributed by atoms with van der Waals surface area (Å²) in [5.74, 6) is 0.429. The van der Waals surface area contributed by atoms with Gasteiger partial charge in [-0.25, -0.2) is 0 Å². The van der Waals surface area contributed by atoms with E-state index in [1.165, 1.54) is 0 Å². The zero-order chi connectivity index (χ0) is 9.78. The summed E-state index contributed by atoms with van der Waals surface area (Å²) in [7, 11) is 1.60. The number of nitrogens with zero attached hydrogens (tertiary/aromatic N) is 1. The lowest BCUT2D eigenvalue weighted by molar-refractivity contribution is 0.215. The Bertz CT molecular complexity index is 162. The van der Waals surface area contributed by atoms with Crippen molar-refractivity contribution in [2.45, 2.75) is 27.7 Å². The standard InChI is InChI=1S/C9H19NO2/c1-7(2)9(3,4)8(10-11)6-12-5/h7,11H,6H2,1-5H3. The third-order valence-electron chi connectivity index (χ3n) is 2.59. The Morgan fingerprint density at radius 2 is 2.00 bits per heavy atom. The molecule has 12 heavy (non-hydrogen) atoms. The minimum Gasteiger partial charge on any atom is -0.411 e. The van der Waals surface area contributed by atoms with Crippen LogP contribution in [0.4, 0.5) is 0 Å². The highest BCUT2D eigenvalue weighted by Crippen LogP contribution is 2.27. The van der Waals surface area contributed by atoms with E-state index in [2.05, 4.69) is 19.0 Å². The van der Waals surface area contributed by atoms with E-state index in [9.17, 15) is 0 Å². The molecule has 0 spiro atoms. The number of hydrogen-bond donors (Lipinski definition) is 1. The van der Waals surface area contributed by atoms with E-state index in [1.54, 1.807) is 7.11 Å². The molecule has 1 N–H and O–H groups in total. The van der Waals surface area contributed by atoms with Crippen molar-refractivity contribution >= 4 is 5.71 Å². The van der Waals surface area contributed by atoms with E-state index in [1.807, 2.05) is 13.8 Å². The van der Waals surface area contributed by atoms with Gasteiger partial charge >= 0.3 is 0 Å². The zero-order valence-electron chi connectivity index (χ0n) is 8.59. The maximum atomic E-state index is 8.75. The topological polar surface area (TPSA) is 41.8 Å². The third kappa shape index (κ3) is 2.48. The van der Waals surface area contributed by atoms with Gasteiger partial charge in [0, 0.05) is 12.5 Å². The van der Waals surface area contributed by atoms with E-state index in [-0.39, 0.29) is 5.41 Å². The molecule has 0 aliphatic heterocycles. The SMILES string of the molecule is COCC(=NO)C(C)(C)C(C)C. The molecule has 0 aromatic carbocycles. The molecular weight excluding hydrogens is 154 g/mol. The summed E-state index contributed by atoms with van der Waals surface area (Å²) in [4.78, 5) is 0. The number of ether oxygens (including phenoxy) is 1. The summed E-state index contributed by atoms with van der Waals surface area (Å²) in [5.41, 5.74) is 0.588. The Morgan fingerprint density at radius 1 is 1.50 bits per heavy atom. The largest absolute Gasteiger partial charge is 0.411 e. The van der Waals surface area contributed by atoms with Crippen LogP contribution in [0, 0.1) is 11.3 Å². The highest BCUT2D eigenvalue weighted by Gasteiger charge is 2.29. The molecule has 0 amide bonds. The summed E-state index contributed by atoms with van der Waals surface area (Å²) in [5, 5.41) is 12.0. The van der Waals surface area contributed by atoms with Crippen LogP contribution in [-0.4, -0.2) is 24.6 Å². The highest BCUT2D eigenvalue weighted by atomic mass is 16.5. The summed E-state index contributed by atoms with van der Waals surface area (Å²) in [6.07, 6.45) is 0. The van der Waals surface area contributed by atoms with Crippen LogP contribution in [0.5, 0.6) is 0 Å². The summed E-state index contributed by atoms with van der Waals surface area (Å²) < 4.78 is 4.94. The zero-order valence-corrected chi connectivity index (χ0v) is 8.59. The normalized spacial score (nSPS) is 14.0. The average Bonchev–Trinajstić information content (AvgIpc) is 1.99. The van der Waals surface area contributed by atoms with Crippen LogP contribution in [-0.2, 0) is 4.74 Å². The van der Waals surface area contributed by atoms with Gasteiger partial charge in [0.15, 0.2) is 0 Å². The predicted molar refractivity (Wildman–Crippen MR) is 49.7 cm³/mol. The van der Waals surface area contributed by atoms with Gasteiger partial charge in [0.1, 0.15) is 0 Å². The molecule has 0 bridgehead atoms. The van der Waals surface area contributed by atoms with Crippen molar-refractivity contribution in [2.24, 2.45) is 16.5 Å². The molecule has 72 valence electrons. The fraction of sp³-hybridized carbons (Fsp3) is 0.889. The molecule has 3 nitrogen and oxygen atoms in total. The molecule has 0 radical (unpaired) electrons. The van der Waals surface area contributed by atoms with Crippen molar-refractivity contribution in [2.75, 3.05) is 13.7 Å². The lowest BCUT2D eigenvalue weighted by Gasteiger charge is -2.29. The number of methoxy groups -OCH3 is 1. The first-order chi connectivity index (χ1) is 5.46. The number of hydrogen-bond acceptors (Lipinski definition) is 3. The molecule has 3 heteroatoms. The maximum absolute atomic E-state index is 8.75. The van der Waals surface area contributed by atoms with Crippen molar-refractivity contribution in [3.63, 3.8) is 0 Å².